The van der Waals surface area contributed by atoms with Crippen LogP contribution in [-0.2, 0) is 11.2 Å². The molecule has 110 valence electrons. The second kappa shape index (κ2) is 6.31. The van der Waals surface area contributed by atoms with E-state index in [0.717, 1.165) is 33.8 Å². The van der Waals surface area contributed by atoms with Crippen LogP contribution < -0.4 is 15.8 Å². The third-order valence-electron chi connectivity index (χ3n) is 3.41. The molecule has 4 nitrogen and oxygen atoms in total. The Labute approximate surface area is 124 Å². The summed E-state index contributed by atoms with van der Waals surface area (Å²) in [5.41, 5.74) is 10.2. The fourth-order valence-electron chi connectivity index (χ4n) is 2.10. The molecular weight excluding hydrogens is 264 g/mol. The SMILES string of the molecule is COc1ccc(CC(=O)Nc2cc(C)c(N)cc2C)cc1. The molecule has 0 radical (unpaired) electrons. The highest BCUT2D eigenvalue weighted by Crippen LogP contribution is 2.22. The summed E-state index contributed by atoms with van der Waals surface area (Å²) in [7, 11) is 1.62. The van der Waals surface area contributed by atoms with E-state index in [2.05, 4.69) is 5.32 Å². The zero-order valence-electron chi connectivity index (χ0n) is 12.6. The smallest absolute Gasteiger partial charge is 0.228 e. The van der Waals surface area contributed by atoms with Crippen molar-refractivity contribution in [2.75, 3.05) is 18.2 Å². The summed E-state index contributed by atoms with van der Waals surface area (Å²) in [6, 6.07) is 11.2. The van der Waals surface area contributed by atoms with Crippen molar-refractivity contribution in [3.05, 3.63) is 53.1 Å². The van der Waals surface area contributed by atoms with Gasteiger partial charge in [-0.1, -0.05) is 12.1 Å². The molecular formula is C17H20N2O2. The van der Waals surface area contributed by atoms with Gasteiger partial charge in [0.15, 0.2) is 0 Å². The number of nitrogens with two attached hydrogens (primary N) is 1. The van der Waals surface area contributed by atoms with Crippen molar-refractivity contribution in [3.63, 3.8) is 0 Å². The molecule has 2 rings (SSSR count). The molecule has 0 bridgehead atoms. The lowest BCUT2D eigenvalue weighted by atomic mass is 10.1. The lowest BCUT2D eigenvalue weighted by molar-refractivity contribution is -0.115. The van der Waals surface area contributed by atoms with E-state index in [9.17, 15) is 4.79 Å². The van der Waals surface area contributed by atoms with E-state index in [0.29, 0.717) is 6.42 Å². The third kappa shape index (κ3) is 3.75. The van der Waals surface area contributed by atoms with E-state index in [1.165, 1.54) is 0 Å². The Bertz CT molecular complexity index is 649. The molecule has 0 spiro atoms. The van der Waals surface area contributed by atoms with Crippen LogP contribution >= 0.6 is 0 Å². The second-order valence-corrected chi connectivity index (χ2v) is 5.10. The minimum atomic E-state index is -0.0487. The number of amides is 1. The number of rotatable bonds is 4. The summed E-state index contributed by atoms with van der Waals surface area (Å²) in [4.78, 5) is 12.1. The van der Waals surface area contributed by atoms with Crippen LogP contribution in [0.4, 0.5) is 11.4 Å². The number of anilines is 2. The summed E-state index contributed by atoms with van der Waals surface area (Å²) in [5, 5.41) is 2.93. The van der Waals surface area contributed by atoms with Gasteiger partial charge >= 0.3 is 0 Å². The Hall–Kier alpha value is -2.49. The molecule has 21 heavy (non-hydrogen) atoms. The van der Waals surface area contributed by atoms with Crippen molar-refractivity contribution in [2.24, 2.45) is 0 Å². The van der Waals surface area contributed by atoms with E-state index in [1.54, 1.807) is 7.11 Å². The number of hydrogen-bond donors (Lipinski definition) is 2. The predicted octanol–water partition coefficient (Wildman–Crippen LogP) is 3.08. The highest BCUT2D eigenvalue weighted by atomic mass is 16.5. The molecule has 4 heteroatoms. The minimum Gasteiger partial charge on any atom is -0.497 e. The van der Waals surface area contributed by atoms with Crippen LogP contribution in [0.5, 0.6) is 5.75 Å². The monoisotopic (exact) mass is 284 g/mol. The number of carbonyl (C=O) groups excluding carboxylic acids is 1. The number of nitrogen functional groups attached to an aromatic ring is 1. The molecule has 3 N–H and O–H groups in total. The summed E-state index contributed by atoms with van der Waals surface area (Å²) in [6.45, 7) is 3.85. The number of methoxy groups -OCH3 is 1. The maximum absolute atomic E-state index is 12.1. The Morgan fingerprint density at radius 3 is 2.43 bits per heavy atom. The average molecular weight is 284 g/mol. The van der Waals surface area contributed by atoms with E-state index >= 15 is 0 Å². The van der Waals surface area contributed by atoms with Gasteiger partial charge in [-0.05, 0) is 54.8 Å². The number of carbonyl (C=O) groups is 1. The number of nitrogens with one attached hydrogen (secondary N) is 1. The zero-order chi connectivity index (χ0) is 15.4. The number of ether oxygens (including phenoxy) is 1. The summed E-state index contributed by atoms with van der Waals surface area (Å²) < 4.78 is 5.10. The standard InChI is InChI=1S/C17H20N2O2/c1-11-9-16(12(2)8-15(11)18)19-17(20)10-13-4-6-14(21-3)7-5-13/h4-9H,10,18H2,1-3H3,(H,19,20). The molecule has 0 aromatic heterocycles. The van der Waals surface area contributed by atoms with Crippen molar-refractivity contribution < 1.29 is 9.53 Å². The Kier molecular flexibility index (Phi) is 4.48. The Balaban J connectivity index is 2.06. The average Bonchev–Trinajstić information content (AvgIpc) is 2.45. The maximum Gasteiger partial charge on any atom is 0.228 e. The summed E-state index contributed by atoms with van der Waals surface area (Å²) in [6.07, 6.45) is 0.326. The lowest BCUT2D eigenvalue weighted by Crippen LogP contribution is -2.15. The molecule has 2 aromatic carbocycles. The topological polar surface area (TPSA) is 64.3 Å². The third-order valence-corrected chi connectivity index (χ3v) is 3.41. The first-order valence-corrected chi connectivity index (χ1v) is 6.79. The maximum atomic E-state index is 12.1. The van der Waals surface area contributed by atoms with Crippen LogP contribution in [0, 0.1) is 13.8 Å². The van der Waals surface area contributed by atoms with Gasteiger partial charge in [0, 0.05) is 11.4 Å². The minimum absolute atomic E-state index is 0.0487. The number of benzene rings is 2. The fraction of sp³-hybridized carbons (Fsp3) is 0.235. The Morgan fingerprint density at radius 1 is 1.14 bits per heavy atom. The van der Waals surface area contributed by atoms with E-state index < -0.39 is 0 Å². The van der Waals surface area contributed by atoms with Crippen LogP contribution in [0.3, 0.4) is 0 Å². The Morgan fingerprint density at radius 2 is 1.81 bits per heavy atom. The first-order chi connectivity index (χ1) is 9.99. The quantitative estimate of drug-likeness (QED) is 0.848. The van der Waals surface area contributed by atoms with Gasteiger partial charge in [0.1, 0.15) is 5.75 Å². The van der Waals surface area contributed by atoms with Crippen LogP contribution in [-0.4, -0.2) is 13.0 Å². The van der Waals surface area contributed by atoms with E-state index in [4.69, 9.17) is 10.5 Å². The second-order valence-electron chi connectivity index (χ2n) is 5.10. The van der Waals surface area contributed by atoms with Gasteiger partial charge in [0.2, 0.25) is 5.91 Å². The summed E-state index contributed by atoms with van der Waals surface area (Å²) >= 11 is 0. The van der Waals surface area contributed by atoms with Gasteiger partial charge in [-0.15, -0.1) is 0 Å². The molecule has 0 saturated heterocycles. The normalized spacial score (nSPS) is 10.2. The predicted molar refractivity (Wildman–Crippen MR) is 85.7 cm³/mol. The van der Waals surface area contributed by atoms with Crippen molar-refractivity contribution >= 4 is 17.3 Å². The van der Waals surface area contributed by atoms with Gasteiger partial charge < -0.3 is 15.8 Å². The molecule has 0 aliphatic carbocycles. The largest absolute Gasteiger partial charge is 0.497 e. The zero-order valence-corrected chi connectivity index (χ0v) is 12.6. The van der Waals surface area contributed by atoms with Crippen molar-refractivity contribution in [3.8, 4) is 5.75 Å². The van der Waals surface area contributed by atoms with Crippen molar-refractivity contribution in [1.29, 1.82) is 0 Å². The molecule has 0 saturated carbocycles. The molecule has 0 heterocycles. The number of aryl methyl sites for hydroxylation is 2. The van der Waals surface area contributed by atoms with Gasteiger partial charge in [0.05, 0.1) is 13.5 Å². The number of hydrogen-bond acceptors (Lipinski definition) is 3. The molecule has 0 aliphatic rings. The van der Waals surface area contributed by atoms with Gasteiger partial charge in [0.25, 0.3) is 0 Å². The first kappa shape index (κ1) is 14.9. The molecule has 2 aromatic rings. The van der Waals surface area contributed by atoms with E-state index in [1.807, 2.05) is 50.2 Å². The fourth-order valence-corrected chi connectivity index (χ4v) is 2.10. The van der Waals surface area contributed by atoms with Gasteiger partial charge in [-0.2, -0.15) is 0 Å². The van der Waals surface area contributed by atoms with E-state index in [-0.39, 0.29) is 5.91 Å². The first-order valence-electron chi connectivity index (χ1n) is 6.79. The van der Waals surface area contributed by atoms with Crippen LogP contribution in [0.15, 0.2) is 36.4 Å². The van der Waals surface area contributed by atoms with Gasteiger partial charge in [-0.25, -0.2) is 0 Å². The van der Waals surface area contributed by atoms with Crippen molar-refractivity contribution in [1.82, 2.24) is 0 Å². The highest BCUT2D eigenvalue weighted by Gasteiger charge is 2.08. The molecule has 0 aliphatic heterocycles. The van der Waals surface area contributed by atoms with Crippen LogP contribution in [0.2, 0.25) is 0 Å². The molecule has 0 atom stereocenters. The molecule has 0 fully saturated rings. The molecule has 1 amide bonds. The summed E-state index contributed by atoms with van der Waals surface area (Å²) in [5.74, 6) is 0.733. The van der Waals surface area contributed by atoms with Gasteiger partial charge in [-0.3, -0.25) is 4.79 Å². The molecule has 0 unspecified atom stereocenters. The van der Waals surface area contributed by atoms with Crippen molar-refractivity contribution in [2.45, 2.75) is 20.3 Å². The van der Waals surface area contributed by atoms with Crippen LogP contribution in [0.25, 0.3) is 0 Å². The lowest BCUT2D eigenvalue weighted by Gasteiger charge is -2.11. The highest BCUT2D eigenvalue weighted by molar-refractivity contribution is 5.93. The van der Waals surface area contributed by atoms with Crippen LogP contribution in [0.1, 0.15) is 16.7 Å².